The van der Waals surface area contributed by atoms with E-state index in [1.807, 2.05) is 0 Å². The first kappa shape index (κ1) is 20.1. The van der Waals surface area contributed by atoms with Crippen molar-refractivity contribution in [3.05, 3.63) is 63.7 Å². The normalized spacial score (nSPS) is 14.2. The minimum Gasteiger partial charge on any atom is -0.367 e. The largest absolute Gasteiger partial charge is 0.367 e. The minimum atomic E-state index is 0.262. The molecule has 27 heavy (non-hydrogen) atoms. The molecule has 3 rings (SSSR count). The Morgan fingerprint density at radius 2 is 1.67 bits per heavy atom. The number of nitrogens with zero attached hydrogens (tertiary/aromatic N) is 1. The van der Waals surface area contributed by atoms with Gasteiger partial charge in [0.05, 0.1) is 0 Å². The molecular formula is C25H33NS. The van der Waals surface area contributed by atoms with Crippen molar-refractivity contribution in [3.63, 3.8) is 0 Å². The summed E-state index contributed by atoms with van der Waals surface area (Å²) in [5.74, 6) is 0. The molecule has 1 aliphatic heterocycles. The summed E-state index contributed by atoms with van der Waals surface area (Å²) in [6.45, 7) is 15.6. The van der Waals surface area contributed by atoms with Crippen LogP contribution in [0.15, 0.2) is 30.3 Å². The van der Waals surface area contributed by atoms with E-state index in [1.54, 1.807) is 0 Å². The van der Waals surface area contributed by atoms with Gasteiger partial charge in [-0.05, 0) is 83.8 Å². The molecule has 1 aliphatic rings. The predicted octanol–water partition coefficient (Wildman–Crippen LogP) is 6.52. The van der Waals surface area contributed by atoms with Crippen LogP contribution in [0.3, 0.4) is 0 Å². The number of rotatable bonds is 4. The molecule has 0 amide bonds. The lowest BCUT2D eigenvalue weighted by molar-refractivity contribution is 0.434. The van der Waals surface area contributed by atoms with Crippen LogP contribution in [0.2, 0.25) is 0 Å². The summed E-state index contributed by atoms with van der Waals surface area (Å²) in [6, 6.07) is 11.6. The van der Waals surface area contributed by atoms with Crippen LogP contribution in [0.5, 0.6) is 0 Å². The Morgan fingerprint density at radius 1 is 1.00 bits per heavy atom. The molecule has 144 valence electrons. The van der Waals surface area contributed by atoms with Gasteiger partial charge in [-0.15, -0.1) is 0 Å². The molecule has 0 atom stereocenters. The summed E-state index contributed by atoms with van der Waals surface area (Å²) in [5.41, 5.74) is 10.1. The number of hydrogen-bond acceptors (Lipinski definition) is 2. The maximum absolute atomic E-state index is 5.71. The summed E-state index contributed by atoms with van der Waals surface area (Å²) >= 11 is 5.71. The highest BCUT2D eigenvalue weighted by atomic mass is 32.1. The number of benzene rings is 2. The lowest BCUT2D eigenvalue weighted by Crippen LogP contribution is -2.30. The third-order valence-corrected chi connectivity index (χ3v) is 5.81. The van der Waals surface area contributed by atoms with Gasteiger partial charge in [0.1, 0.15) is 0 Å². The number of hydrogen-bond donors (Lipinski definition) is 0. The Labute approximate surface area is 170 Å². The van der Waals surface area contributed by atoms with E-state index in [4.69, 9.17) is 12.2 Å². The molecule has 0 saturated heterocycles. The zero-order valence-corrected chi connectivity index (χ0v) is 18.6. The van der Waals surface area contributed by atoms with E-state index in [2.05, 4.69) is 76.8 Å². The first-order valence-corrected chi connectivity index (χ1v) is 10.5. The van der Waals surface area contributed by atoms with E-state index in [0.717, 1.165) is 32.4 Å². The van der Waals surface area contributed by atoms with Gasteiger partial charge in [-0.3, -0.25) is 0 Å². The summed E-state index contributed by atoms with van der Waals surface area (Å²) in [5, 5.41) is 0. The van der Waals surface area contributed by atoms with Crippen LogP contribution in [0.4, 0.5) is 5.69 Å². The average Bonchev–Trinajstić information content (AvgIpc) is 2.56. The molecule has 0 bridgehead atoms. The van der Waals surface area contributed by atoms with Gasteiger partial charge in [-0.25, -0.2) is 0 Å². The van der Waals surface area contributed by atoms with Gasteiger partial charge in [0.15, 0.2) is 0 Å². The lowest BCUT2D eigenvalue weighted by atomic mass is 9.87. The first-order chi connectivity index (χ1) is 12.6. The molecule has 1 heterocycles. The van der Waals surface area contributed by atoms with E-state index >= 15 is 0 Å². The Bertz CT molecular complexity index is 834. The molecule has 2 aromatic carbocycles. The average molecular weight is 380 g/mol. The quantitative estimate of drug-likeness (QED) is 0.556. The summed E-state index contributed by atoms with van der Waals surface area (Å²) in [4.78, 5) is 3.69. The van der Waals surface area contributed by atoms with E-state index < -0.39 is 0 Å². The first-order valence-electron chi connectivity index (χ1n) is 10.1. The standard InChI is InChI=1S/C25H33NS/c1-17-7-8-21-16-26(10-9-20(21)11-17)22-12-18(2)24(19(3)13-22)14-23(27)15-25(4,5)6/h7-8,11-13H,9-10,14-16H2,1-6H3. The lowest BCUT2D eigenvalue weighted by Gasteiger charge is -2.32. The second kappa shape index (κ2) is 7.75. The second-order valence-corrected chi connectivity index (χ2v) is 10.0. The van der Waals surface area contributed by atoms with Crippen LogP contribution in [0.1, 0.15) is 60.6 Å². The molecule has 2 heteroatoms. The molecule has 1 nitrogen and oxygen atoms in total. The molecule has 0 unspecified atom stereocenters. The Hall–Kier alpha value is -1.67. The summed E-state index contributed by atoms with van der Waals surface area (Å²) in [7, 11) is 0. The maximum Gasteiger partial charge on any atom is 0.0432 e. The van der Waals surface area contributed by atoms with Crippen molar-refractivity contribution < 1.29 is 0 Å². The fourth-order valence-electron chi connectivity index (χ4n) is 4.19. The fourth-order valence-corrected chi connectivity index (χ4v) is 4.76. The third-order valence-electron chi connectivity index (χ3n) is 5.52. The van der Waals surface area contributed by atoms with Crippen molar-refractivity contribution in [3.8, 4) is 0 Å². The van der Waals surface area contributed by atoms with E-state index in [-0.39, 0.29) is 5.41 Å². The van der Waals surface area contributed by atoms with Crippen LogP contribution in [-0.4, -0.2) is 11.4 Å². The summed E-state index contributed by atoms with van der Waals surface area (Å²) < 4.78 is 0. The Kier molecular flexibility index (Phi) is 5.76. The molecule has 0 fully saturated rings. The number of anilines is 1. The van der Waals surface area contributed by atoms with Gasteiger partial charge in [-0.1, -0.05) is 56.8 Å². The van der Waals surface area contributed by atoms with E-state index in [1.165, 1.54) is 43.9 Å². The molecule has 0 N–H and O–H groups in total. The molecule has 0 aromatic heterocycles. The molecule has 0 radical (unpaired) electrons. The molecule has 0 spiro atoms. The molecule has 0 aliphatic carbocycles. The van der Waals surface area contributed by atoms with Crippen LogP contribution in [0, 0.1) is 26.2 Å². The highest BCUT2D eigenvalue weighted by molar-refractivity contribution is 7.80. The third kappa shape index (κ3) is 4.99. The van der Waals surface area contributed by atoms with Crippen LogP contribution < -0.4 is 4.90 Å². The van der Waals surface area contributed by atoms with Gasteiger partial charge < -0.3 is 4.90 Å². The van der Waals surface area contributed by atoms with Crippen LogP contribution in [-0.2, 0) is 19.4 Å². The topological polar surface area (TPSA) is 3.24 Å². The van der Waals surface area contributed by atoms with Crippen molar-refractivity contribution in [2.24, 2.45) is 5.41 Å². The van der Waals surface area contributed by atoms with Crippen molar-refractivity contribution in [2.45, 2.75) is 67.3 Å². The monoisotopic (exact) mass is 379 g/mol. The van der Waals surface area contributed by atoms with E-state index in [0.29, 0.717) is 0 Å². The van der Waals surface area contributed by atoms with Crippen molar-refractivity contribution in [1.29, 1.82) is 0 Å². The van der Waals surface area contributed by atoms with Crippen LogP contribution >= 0.6 is 12.2 Å². The second-order valence-electron chi connectivity index (χ2n) is 9.45. The van der Waals surface area contributed by atoms with E-state index in [9.17, 15) is 0 Å². The SMILES string of the molecule is Cc1ccc2c(c1)CCN(c1cc(C)c(CC(=S)CC(C)(C)C)c(C)c1)C2. The zero-order chi connectivity index (χ0) is 19.8. The smallest absolute Gasteiger partial charge is 0.0432 e. The molecule has 0 saturated carbocycles. The maximum atomic E-state index is 5.71. The van der Waals surface area contributed by atoms with Gasteiger partial charge in [0.2, 0.25) is 0 Å². The van der Waals surface area contributed by atoms with Gasteiger partial charge in [0.25, 0.3) is 0 Å². The Morgan fingerprint density at radius 3 is 2.30 bits per heavy atom. The van der Waals surface area contributed by atoms with Gasteiger partial charge >= 0.3 is 0 Å². The number of fused-ring (bicyclic) bond motifs is 1. The molecule has 2 aromatic rings. The van der Waals surface area contributed by atoms with Crippen molar-refractivity contribution in [1.82, 2.24) is 0 Å². The predicted molar refractivity (Wildman–Crippen MR) is 122 cm³/mol. The van der Waals surface area contributed by atoms with Crippen LogP contribution in [0.25, 0.3) is 0 Å². The number of aryl methyl sites for hydroxylation is 3. The molecular weight excluding hydrogens is 346 g/mol. The van der Waals surface area contributed by atoms with Crippen molar-refractivity contribution >= 4 is 22.8 Å². The minimum absolute atomic E-state index is 0.262. The zero-order valence-electron chi connectivity index (χ0n) is 17.8. The highest BCUT2D eigenvalue weighted by Crippen LogP contribution is 2.30. The van der Waals surface area contributed by atoms with Gasteiger partial charge in [-0.2, -0.15) is 0 Å². The fraction of sp³-hybridized carbons (Fsp3) is 0.480. The van der Waals surface area contributed by atoms with Gasteiger partial charge in [0, 0.05) is 25.2 Å². The highest BCUT2D eigenvalue weighted by Gasteiger charge is 2.19. The summed E-state index contributed by atoms with van der Waals surface area (Å²) in [6.07, 6.45) is 3.06. The Balaban J connectivity index is 1.79. The number of thiocarbonyl (C=S) groups is 1. The van der Waals surface area contributed by atoms with Crippen molar-refractivity contribution in [2.75, 3.05) is 11.4 Å².